The number of benzene rings is 2. The summed E-state index contributed by atoms with van der Waals surface area (Å²) in [5, 5.41) is 11.6. The third-order valence-electron chi connectivity index (χ3n) is 5.23. The molecule has 1 aliphatic rings. The molecule has 7 heteroatoms. The molecular formula is C24H20N2O5. The molecule has 0 N–H and O–H groups in total. The SMILES string of the molecule is CC(=O)COC(=O)c1c2c(nc3ccccc13)/C(=C/c1ccc([N+](=O)[O-])cc1)CCC2. The molecular weight excluding hydrogens is 396 g/mol. The number of ketones is 1. The van der Waals surface area contributed by atoms with Crippen molar-refractivity contribution in [2.45, 2.75) is 26.2 Å². The van der Waals surface area contributed by atoms with Crippen LogP contribution in [0.5, 0.6) is 0 Å². The Hall–Kier alpha value is -3.87. The number of para-hydroxylation sites is 1. The summed E-state index contributed by atoms with van der Waals surface area (Å²) in [6, 6.07) is 13.7. The van der Waals surface area contributed by atoms with Crippen LogP contribution in [0, 0.1) is 10.1 Å². The lowest BCUT2D eigenvalue weighted by atomic mass is 9.86. The summed E-state index contributed by atoms with van der Waals surface area (Å²) in [5.74, 6) is -0.749. The zero-order valence-electron chi connectivity index (χ0n) is 17.0. The largest absolute Gasteiger partial charge is 0.454 e. The minimum atomic E-state index is -0.526. The molecule has 0 aliphatic heterocycles. The molecule has 0 atom stereocenters. The minimum Gasteiger partial charge on any atom is -0.454 e. The Kier molecular flexibility index (Phi) is 5.58. The quantitative estimate of drug-likeness (QED) is 0.338. The van der Waals surface area contributed by atoms with Gasteiger partial charge >= 0.3 is 5.97 Å². The van der Waals surface area contributed by atoms with Crippen LogP contribution in [0.4, 0.5) is 5.69 Å². The Morgan fingerprint density at radius 1 is 1.13 bits per heavy atom. The number of ether oxygens (including phenoxy) is 1. The average molecular weight is 416 g/mol. The lowest BCUT2D eigenvalue weighted by molar-refractivity contribution is -0.384. The lowest BCUT2D eigenvalue weighted by Crippen LogP contribution is -2.17. The first-order chi connectivity index (χ1) is 14.9. The summed E-state index contributed by atoms with van der Waals surface area (Å²) >= 11 is 0. The Morgan fingerprint density at radius 3 is 2.58 bits per heavy atom. The molecule has 1 aromatic heterocycles. The van der Waals surface area contributed by atoms with Gasteiger partial charge in [-0.3, -0.25) is 14.9 Å². The highest BCUT2D eigenvalue weighted by molar-refractivity contribution is 6.07. The van der Waals surface area contributed by atoms with Crippen molar-refractivity contribution in [1.29, 1.82) is 0 Å². The number of non-ortho nitro benzene ring substituents is 1. The van der Waals surface area contributed by atoms with Crippen molar-refractivity contribution < 1.29 is 19.2 Å². The summed E-state index contributed by atoms with van der Waals surface area (Å²) in [6.45, 7) is 1.11. The smallest absolute Gasteiger partial charge is 0.339 e. The van der Waals surface area contributed by atoms with Crippen molar-refractivity contribution in [3.05, 3.63) is 81.0 Å². The van der Waals surface area contributed by atoms with E-state index in [0.717, 1.165) is 35.2 Å². The highest BCUT2D eigenvalue weighted by Crippen LogP contribution is 2.36. The maximum absolute atomic E-state index is 12.9. The number of nitrogens with zero attached hydrogens (tertiary/aromatic N) is 2. The van der Waals surface area contributed by atoms with E-state index >= 15 is 0 Å². The Labute approximate surface area is 178 Å². The van der Waals surface area contributed by atoms with Crippen molar-refractivity contribution in [2.24, 2.45) is 0 Å². The number of carbonyl (C=O) groups excluding carboxylic acids is 2. The Bertz CT molecular complexity index is 1230. The number of hydrogen-bond donors (Lipinski definition) is 0. The predicted molar refractivity (Wildman–Crippen MR) is 117 cm³/mol. The summed E-state index contributed by atoms with van der Waals surface area (Å²) in [4.78, 5) is 39.5. The first-order valence-electron chi connectivity index (χ1n) is 9.97. The molecule has 31 heavy (non-hydrogen) atoms. The molecule has 0 unspecified atom stereocenters. The van der Waals surface area contributed by atoms with E-state index in [1.807, 2.05) is 30.3 Å². The fraction of sp³-hybridized carbons (Fsp3) is 0.208. The maximum atomic E-state index is 12.9. The third kappa shape index (κ3) is 4.21. The van der Waals surface area contributed by atoms with Crippen LogP contribution in [-0.4, -0.2) is 28.3 Å². The molecule has 0 bridgehead atoms. The molecule has 0 amide bonds. The molecule has 7 nitrogen and oxygen atoms in total. The van der Waals surface area contributed by atoms with Gasteiger partial charge in [0.1, 0.15) is 6.61 Å². The summed E-state index contributed by atoms with van der Waals surface area (Å²) in [6.07, 6.45) is 4.24. The van der Waals surface area contributed by atoms with Crippen LogP contribution in [0.1, 0.15) is 46.9 Å². The molecule has 1 aliphatic carbocycles. The van der Waals surface area contributed by atoms with Crippen LogP contribution in [0.25, 0.3) is 22.6 Å². The van der Waals surface area contributed by atoms with Crippen LogP contribution in [0.15, 0.2) is 48.5 Å². The summed E-state index contributed by atoms with van der Waals surface area (Å²) in [7, 11) is 0. The van der Waals surface area contributed by atoms with Crippen molar-refractivity contribution in [1.82, 2.24) is 4.98 Å². The topological polar surface area (TPSA) is 99.4 Å². The average Bonchev–Trinajstić information content (AvgIpc) is 2.76. The number of hydrogen-bond acceptors (Lipinski definition) is 6. The lowest BCUT2D eigenvalue weighted by Gasteiger charge is -2.22. The van der Waals surface area contributed by atoms with Gasteiger partial charge in [0.25, 0.3) is 5.69 Å². The third-order valence-corrected chi connectivity index (χ3v) is 5.23. The van der Waals surface area contributed by atoms with Crippen molar-refractivity contribution in [2.75, 3.05) is 6.61 Å². The number of allylic oxidation sites excluding steroid dienone is 1. The van der Waals surface area contributed by atoms with Gasteiger partial charge in [-0.05, 0) is 67.2 Å². The van der Waals surface area contributed by atoms with E-state index < -0.39 is 10.9 Å². The number of rotatable bonds is 5. The standard InChI is InChI=1S/C24H20N2O5/c1-15(27)14-31-24(28)22-19-6-2-3-8-21(19)25-23-17(5-4-7-20(22)23)13-16-9-11-18(12-10-16)26(29)30/h2-3,6,8-13H,4-5,7,14H2,1H3/b17-13+. The van der Waals surface area contributed by atoms with Crippen LogP contribution in [0.2, 0.25) is 0 Å². The second-order valence-electron chi connectivity index (χ2n) is 7.48. The van der Waals surface area contributed by atoms with Gasteiger partial charge in [-0.25, -0.2) is 9.78 Å². The van der Waals surface area contributed by atoms with Crippen LogP contribution < -0.4 is 0 Å². The van der Waals surface area contributed by atoms with E-state index in [0.29, 0.717) is 22.9 Å². The molecule has 0 spiro atoms. The fourth-order valence-corrected chi connectivity index (χ4v) is 3.84. The molecule has 0 fully saturated rings. The maximum Gasteiger partial charge on any atom is 0.339 e. The highest BCUT2D eigenvalue weighted by atomic mass is 16.6. The van der Waals surface area contributed by atoms with Gasteiger partial charge in [0, 0.05) is 17.5 Å². The minimum absolute atomic E-state index is 0.0332. The number of nitro benzene ring substituents is 1. The van der Waals surface area contributed by atoms with Gasteiger partial charge in [-0.2, -0.15) is 0 Å². The number of fused-ring (bicyclic) bond motifs is 2. The molecule has 2 aromatic carbocycles. The van der Waals surface area contributed by atoms with Crippen LogP contribution in [-0.2, 0) is 16.0 Å². The number of esters is 1. The highest BCUT2D eigenvalue weighted by Gasteiger charge is 2.26. The van der Waals surface area contributed by atoms with E-state index in [1.54, 1.807) is 12.1 Å². The molecule has 1 heterocycles. The molecule has 4 rings (SSSR count). The van der Waals surface area contributed by atoms with E-state index in [4.69, 9.17) is 9.72 Å². The number of Topliss-reactive ketones (excluding diaryl/α,β-unsaturated/α-hetero) is 1. The molecule has 0 saturated carbocycles. The summed E-state index contributed by atoms with van der Waals surface area (Å²) in [5.41, 5.74) is 4.49. The molecule has 0 saturated heterocycles. The van der Waals surface area contributed by atoms with Gasteiger partial charge in [-0.15, -0.1) is 0 Å². The van der Waals surface area contributed by atoms with Crippen molar-refractivity contribution in [3.63, 3.8) is 0 Å². The number of nitro groups is 1. The van der Waals surface area contributed by atoms with Crippen molar-refractivity contribution in [3.8, 4) is 0 Å². The van der Waals surface area contributed by atoms with E-state index in [2.05, 4.69) is 0 Å². The van der Waals surface area contributed by atoms with Gasteiger partial charge < -0.3 is 4.74 Å². The van der Waals surface area contributed by atoms with Gasteiger partial charge in [0.05, 0.1) is 21.7 Å². The molecule has 0 radical (unpaired) electrons. The van der Waals surface area contributed by atoms with Crippen LogP contribution in [0.3, 0.4) is 0 Å². The van der Waals surface area contributed by atoms with E-state index in [9.17, 15) is 19.7 Å². The Balaban J connectivity index is 1.83. The monoisotopic (exact) mass is 416 g/mol. The van der Waals surface area contributed by atoms with Crippen LogP contribution >= 0.6 is 0 Å². The first-order valence-corrected chi connectivity index (χ1v) is 9.97. The molecule has 3 aromatic rings. The number of carbonyl (C=O) groups is 2. The number of aromatic nitrogens is 1. The first kappa shape index (κ1) is 20.4. The fourth-order valence-electron chi connectivity index (χ4n) is 3.84. The van der Waals surface area contributed by atoms with Gasteiger partial charge in [0.2, 0.25) is 0 Å². The summed E-state index contributed by atoms with van der Waals surface area (Å²) < 4.78 is 5.25. The zero-order valence-corrected chi connectivity index (χ0v) is 17.0. The normalized spacial score (nSPS) is 14.3. The second-order valence-corrected chi connectivity index (χ2v) is 7.48. The Morgan fingerprint density at radius 2 is 1.87 bits per heavy atom. The van der Waals surface area contributed by atoms with Gasteiger partial charge in [0.15, 0.2) is 5.78 Å². The second kappa shape index (κ2) is 8.47. The zero-order chi connectivity index (χ0) is 22.0. The van der Waals surface area contributed by atoms with E-state index in [-0.39, 0.29) is 18.1 Å². The van der Waals surface area contributed by atoms with E-state index in [1.165, 1.54) is 19.1 Å². The molecule has 156 valence electrons. The predicted octanol–water partition coefficient (Wildman–Crippen LogP) is 4.77. The number of pyridine rings is 1. The van der Waals surface area contributed by atoms with Crippen molar-refractivity contribution >= 4 is 40.0 Å². The van der Waals surface area contributed by atoms with Gasteiger partial charge in [-0.1, -0.05) is 18.2 Å².